The largest absolute Gasteiger partial charge is 0.476 e. The minimum absolute atomic E-state index is 0.00768. The van der Waals surface area contributed by atoms with Gasteiger partial charge in [0.25, 0.3) is 5.82 Å². The van der Waals surface area contributed by atoms with Crippen LogP contribution in [0.2, 0.25) is 0 Å². The van der Waals surface area contributed by atoms with Crippen molar-refractivity contribution in [3.63, 3.8) is 0 Å². The molecule has 0 unspecified atom stereocenters. The van der Waals surface area contributed by atoms with Crippen LogP contribution in [0.1, 0.15) is 49.6 Å². The Kier molecular flexibility index (Phi) is 11.2. The molecule has 0 aromatic carbocycles. The molecule has 11 heteroatoms. The lowest BCUT2D eigenvalue weighted by molar-refractivity contribution is -0.886. The fourth-order valence-electron chi connectivity index (χ4n) is 5.47. The molecule has 0 spiro atoms. The Balaban J connectivity index is 1.20. The fraction of sp³-hybridized carbons (Fsp3) is 0.412. The summed E-state index contributed by atoms with van der Waals surface area (Å²) >= 11 is 0. The van der Waals surface area contributed by atoms with Gasteiger partial charge in [0.2, 0.25) is 5.88 Å². The second kappa shape index (κ2) is 15.9. The molecule has 5 heterocycles. The van der Waals surface area contributed by atoms with E-state index in [1.807, 2.05) is 25.1 Å². The lowest BCUT2D eigenvalue weighted by atomic mass is 10.1. The first-order valence-electron chi connectivity index (χ1n) is 15.8. The highest BCUT2D eigenvalue weighted by molar-refractivity contribution is 5.83. The molecular formula is C34H43N8O3+. The summed E-state index contributed by atoms with van der Waals surface area (Å²) in [6.45, 7) is 7.15. The van der Waals surface area contributed by atoms with Gasteiger partial charge in [0, 0.05) is 56.4 Å². The van der Waals surface area contributed by atoms with Gasteiger partial charge in [0.15, 0.2) is 5.78 Å². The lowest BCUT2D eigenvalue weighted by Crippen LogP contribution is -2.43. The smallest absolute Gasteiger partial charge is 0.307 e. The van der Waals surface area contributed by atoms with Crippen molar-refractivity contribution in [1.29, 1.82) is 0 Å². The number of ether oxygens (including phenoxy) is 1. The van der Waals surface area contributed by atoms with E-state index in [1.165, 1.54) is 5.56 Å². The van der Waals surface area contributed by atoms with Crippen LogP contribution >= 0.6 is 0 Å². The predicted octanol–water partition coefficient (Wildman–Crippen LogP) is 4.29. The normalized spacial score (nSPS) is 13.1. The number of nitrogens with zero attached hydrogens (tertiary/aromatic N) is 6. The molecule has 0 aliphatic carbocycles. The van der Waals surface area contributed by atoms with Crippen LogP contribution in [0.5, 0.6) is 5.88 Å². The van der Waals surface area contributed by atoms with Gasteiger partial charge in [-0.3, -0.25) is 20.0 Å². The molecule has 0 bridgehead atoms. The lowest BCUT2D eigenvalue weighted by Gasteiger charge is -2.24. The number of fused-ring (bicyclic) bond motifs is 1. The topological polar surface area (TPSA) is 129 Å². The number of carbonyl (C=O) groups is 1. The summed E-state index contributed by atoms with van der Waals surface area (Å²) in [5.74, 6) is 2.41. The Morgan fingerprint density at radius 1 is 1.09 bits per heavy atom. The molecule has 0 saturated carbocycles. The molecule has 45 heavy (non-hydrogen) atoms. The summed E-state index contributed by atoms with van der Waals surface area (Å²) in [6.07, 6.45) is 10.7. The molecule has 0 fully saturated rings. The Morgan fingerprint density at radius 2 is 1.96 bits per heavy atom. The van der Waals surface area contributed by atoms with E-state index < -0.39 is 6.04 Å². The number of nitrogens with one attached hydrogen (secondary N) is 2. The first-order chi connectivity index (χ1) is 22.0. The number of hydrogen-bond acceptors (Lipinski definition) is 10. The van der Waals surface area contributed by atoms with Crippen LogP contribution in [0.15, 0.2) is 67.1 Å². The first kappa shape index (κ1) is 31.8. The molecule has 0 saturated heterocycles. The Hall–Kier alpha value is -4.64. The molecule has 236 valence electrons. The van der Waals surface area contributed by atoms with Crippen LogP contribution in [0.25, 0.3) is 11.4 Å². The number of Topliss-reactive ketones (excluding diaryl/α,β-unsaturated/α-hetero) is 1. The molecule has 4 aromatic heterocycles. The van der Waals surface area contributed by atoms with Crippen LogP contribution < -0.4 is 20.1 Å². The second-order valence-corrected chi connectivity index (χ2v) is 11.4. The maximum absolute atomic E-state index is 12.8. The summed E-state index contributed by atoms with van der Waals surface area (Å²) < 4.78 is 6.90. The van der Waals surface area contributed by atoms with Crippen molar-refractivity contribution in [2.24, 2.45) is 0 Å². The Bertz CT molecular complexity index is 1540. The quantitative estimate of drug-likeness (QED) is 0.0959. The van der Waals surface area contributed by atoms with Crippen molar-refractivity contribution in [3.05, 3.63) is 84.1 Å². The van der Waals surface area contributed by atoms with E-state index in [0.29, 0.717) is 43.6 Å². The Morgan fingerprint density at radius 3 is 2.76 bits per heavy atom. The predicted molar refractivity (Wildman–Crippen MR) is 172 cm³/mol. The number of aryl methyl sites for hydroxylation is 3. The van der Waals surface area contributed by atoms with E-state index in [0.717, 1.165) is 72.7 Å². The van der Waals surface area contributed by atoms with E-state index in [2.05, 4.69) is 42.6 Å². The third-order valence-corrected chi connectivity index (χ3v) is 7.95. The molecule has 5 rings (SSSR count). The number of unbranched alkanes of at least 4 members (excludes halogenated alkanes) is 1. The first-order valence-corrected chi connectivity index (χ1v) is 15.8. The highest BCUT2D eigenvalue weighted by atomic mass is 16.5. The molecule has 11 nitrogen and oxygen atoms in total. The van der Waals surface area contributed by atoms with Gasteiger partial charge >= 0.3 is 5.82 Å². The van der Waals surface area contributed by atoms with Gasteiger partial charge in [0.1, 0.15) is 24.2 Å². The van der Waals surface area contributed by atoms with Crippen LogP contribution in [-0.4, -0.2) is 74.7 Å². The molecular weight excluding hydrogens is 568 g/mol. The maximum atomic E-state index is 12.8. The zero-order valence-electron chi connectivity index (χ0n) is 26.2. The third-order valence-electron chi connectivity index (χ3n) is 7.95. The third kappa shape index (κ3) is 9.18. The molecule has 1 atom stereocenters. The number of pyridine rings is 3. The average molecular weight is 612 g/mol. The van der Waals surface area contributed by atoms with E-state index in [1.54, 1.807) is 43.7 Å². The van der Waals surface area contributed by atoms with Gasteiger partial charge in [-0.15, -0.1) is 4.98 Å². The molecule has 1 aliphatic heterocycles. The fourth-order valence-corrected chi connectivity index (χ4v) is 5.47. The van der Waals surface area contributed by atoms with E-state index in [4.69, 9.17) is 9.72 Å². The number of rotatable bonds is 16. The number of aromatic nitrogens is 5. The zero-order valence-corrected chi connectivity index (χ0v) is 26.2. The summed E-state index contributed by atoms with van der Waals surface area (Å²) in [5.41, 5.74) is 3.86. The van der Waals surface area contributed by atoms with Gasteiger partial charge in [0.05, 0.1) is 11.6 Å². The second-order valence-electron chi connectivity index (χ2n) is 11.4. The number of carbonyl (C=O) groups excluding carboxylic acids is 1. The van der Waals surface area contributed by atoms with E-state index in [-0.39, 0.29) is 5.78 Å². The molecule has 4 aromatic rings. The number of hydrogen-bond donors (Lipinski definition) is 3. The van der Waals surface area contributed by atoms with Crippen LogP contribution in [0.4, 0.5) is 11.6 Å². The van der Waals surface area contributed by atoms with Crippen LogP contribution in [0.3, 0.4) is 0 Å². The highest BCUT2D eigenvalue weighted by Gasteiger charge is 2.25. The summed E-state index contributed by atoms with van der Waals surface area (Å²) in [6, 6.07) is 14.8. The van der Waals surface area contributed by atoms with Gasteiger partial charge in [-0.05, 0) is 82.3 Å². The SMILES string of the molecule is CC(=O)[C@H](CCN(CCCCc1ccc2c(n1)NCCC2)CCOc1ccccn1)Nc1cc(C)nc(-c2ccncc2)[n+]1O. The molecule has 0 radical (unpaired) electrons. The monoisotopic (exact) mass is 611 g/mol. The summed E-state index contributed by atoms with van der Waals surface area (Å²) in [7, 11) is 0. The minimum atomic E-state index is -0.498. The van der Waals surface area contributed by atoms with Crippen molar-refractivity contribution in [1.82, 2.24) is 24.8 Å². The van der Waals surface area contributed by atoms with E-state index in [9.17, 15) is 10.0 Å². The van der Waals surface area contributed by atoms with Crippen molar-refractivity contribution >= 4 is 17.4 Å². The molecule has 3 N–H and O–H groups in total. The minimum Gasteiger partial charge on any atom is -0.476 e. The van der Waals surface area contributed by atoms with Crippen LogP contribution in [-0.2, 0) is 17.6 Å². The maximum Gasteiger partial charge on any atom is 0.307 e. The number of anilines is 2. The highest BCUT2D eigenvalue weighted by Crippen LogP contribution is 2.21. The van der Waals surface area contributed by atoms with E-state index >= 15 is 0 Å². The molecule has 0 amide bonds. The average Bonchev–Trinajstić information content (AvgIpc) is 3.06. The van der Waals surface area contributed by atoms with Crippen molar-refractivity contribution in [2.75, 3.05) is 43.4 Å². The summed E-state index contributed by atoms with van der Waals surface area (Å²) in [4.78, 5) is 32.8. The van der Waals surface area contributed by atoms with Gasteiger partial charge in [-0.1, -0.05) is 16.9 Å². The van der Waals surface area contributed by atoms with Gasteiger partial charge < -0.3 is 15.3 Å². The van der Waals surface area contributed by atoms with Gasteiger partial charge in [-0.25, -0.2) is 9.97 Å². The standard InChI is InChI=1S/C34H42N8O3/c1-25-24-31(42(44)34(38-25)28-13-18-35-19-14-28)40-30(26(2)43)15-21-41(22-23-45-32-10-3-5-16-36-32)20-6-4-9-29-12-11-27-8-7-17-37-33(27)39-29/h3,5,10-14,16,18-19,24,30,44H,4,6-9,15,17,20-23H2,1-2H3,(H,37,39)/p+1/t30-/m0/s1. The number of ketones is 1. The van der Waals surface area contributed by atoms with Gasteiger partial charge in [-0.2, -0.15) is 0 Å². The summed E-state index contributed by atoms with van der Waals surface area (Å²) in [5, 5.41) is 17.7. The zero-order chi connectivity index (χ0) is 31.4. The van der Waals surface area contributed by atoms with Crippen molar-refractivity contribution in [2.45, 2.75) is 58.4 Å². The molecule has 1 aliphatic rings. The van der Waals surface area contributed by atoms with Crippen molar-refractivity contribution < 1.29 is 19.5 Å². The Labute approximate surface area is 264 Å². The van der Waals surface area contributed by atoms with Crippen molar-refractivity contribution in [3.8, 4) is 17.3 Å². The van der Waals surface area contributed by atoms with Crippen LogP contribution in [0, 0.1) is 6.92 Å².